The van der Waals surface area contributed by atoms with Crippen LogP contribution in [0.25, 0.3) is 0 Å². The molecule has 3 aromatic carbocycles. The van der Waals surface area contributed by atoms with Crippen molar-refractivity contribution in [2.75, 3.05) is 16.2 Å². The fourth-order valence-corrected chi connectivity index (χ4v) is 4.84. The maximum absolute atomic E-state index is 12.9. The van der Waals surface area contributed by atoms with Crippen LogP contribution < -0.4 is 9.62 Å². The highest BCUT2D eigenvalue weighted by Gasteiger charge is 2.25. The predicted molar refractivity (Wildman–Crippen MR) is 120 cm³/mol. The van der Waals surface area contributed by atoms with Crippen LogP contribution in [0.3, 0.4) is 0 Å². The molecule has 0 unspecified atom stereocenters. The van der Waals surface area contributed by atoms with Gasteiger partial charge < -0.3 is 4.90 Å². The van der Waals surface area contributed by atoms with E-state index in [-0.39, 0.29) is 10.8 Å². The number of sulfonamides is 1. The summed E-state index contributed by atoms with van der Waals surface area (Å²) in [5.74, 6) is -0.0837. The molecule has 0 aromatic heterocycles. The van der Waals surface area contributed by atoms with Gasteiger partial charge >= 0.3 is 0 Å². The fourth-order valence-electron chi connectivity index (χ4n) is 3.56. The number of hydrogen-bond donors (Lipinski definition) is 1. The first-order chi connectivity index (χ1) is 14.3. The van der Waals surface area contributed by atoms with Crippen LogP contribution >= 0.6 is 11.6 Å². The topological polar surface area (TPSA) is 66.5 Å². The van der Waals surface area contributed by atoms with Crippen LogP contribution in [0.15, 0.2) is 71.6 Å². The van der Waals surface area contributed by atoms with Gasteiger partial charge in [0.1, 0.15) is 0 Å². The fraction of sp³-hybridized carbons (Fsp3) is 0.174. The van der Waals surface area contributed by atoms with Crippen LogP contribution in [0.4, 0.5) is 11.4 Å². The molecule has 1 heterocycles. The Balaban J connectivity index is 1.63. The molecule has 0 aliphatic carbocycles. The maximum Gasteiger partial charge on any atom is 0.261 e. The van der Waals surface area contributed by atoms with E-state index in [0.29, 0.717) is 29.2 Å². The highest BCUT2D eigenvalue weighted by molar-refractivity contribution is 7.92. The third-order valence-corrected chi connectivity index (χ3v) is 6.96. The van der Waals surface area contributed by atoms with Crippen LogP contribution in [0.5, 0.6) is 0 Å². The van der Waals surface area contributed by atoms with Gasteiger partial charge in [-0.1, -0.05) is 35.9 Å². The molecule has 0 bridgehead atoms. The molecule has 4 rings (SSSR count). The molecule has 0 fully saturated rings. The van der Waals surface area contributed by atoms with E-state index in [1.165, 1.54) is 6.07 Å². The first-order valence-electron chi connectivity index (χ1n) is 9.64. The van der Waals surface area contributed by atoms with E-state index in [1.54, 1.807) is 47.4 Å². The molecule has 0 spiro atoms. The Morgan fingerprint density at radius 1 is 1.03 bits per heavy atom. The van der Waals surface area contributed by atoms with Gasteiger partial charge in [0.05, 0.1) is 10.6 Å². The van der Waals surface area contributed by atoms with Gasteiger partial charge in [0, 0.05) is 22.8 Å². The van der Waals surface area contributed by atoms with E-state index >= 15 is 0 Å². The van der Waals surface area contributed by atoms with E-state index in [2.05, 4.69) is 4.72 Å². The first-order valence-corrected chi connectivity index (χ1v) is 11.5. The number of carbonyl (C=O) groups is 1. The van der Waals surface area contributed by atoms with E-state index in [0.717, 1.165) is 23.2 Å². The van der Waals surface area contributed by atoms with Gasteiger partial charge in [-0.05, 0) is 73.4 Å². The summed E-state index contributed by atoms with van der Waals surface area (Å²) in [5, 5.41) is 0.496. The summed E-state index contributed by atoms with van der Waals surface area (Å²) < 4.78 is 28.3. The number of nitrogens with one attached hydrogen (secondary N) is 1. The molecule has 0 atom stereocenters. The van der Waals surface area contributed by atoms with Gasteiger partial charge in [-0.25, -0.2) is 8.42 Å². The van der Waals surface area contributed by atoms with Crippen LogP contribution in [-0.4, -0.2) is 20.9 Å². The number of aryl methyl sites for hydroxylation is 2. The summed E-state index contributed by atoms with van der Waals surface area (Å²) in [6, 6.07) is 19.0. The van der Waals surface area contributed by atoms with Crippen molar-refractivity contribution in [1.29, 1.82) is 0 Å². The smallest absolute Gasteiger partial charge is 0.261 e. The van der Waals surface area contributed by atoms with Gasteiger partial charge in [0.25, 0.3) is 15.9 Å². The number of carbonyl (C=O) groups excluding carboxylic acids is 1. The summed E-state index contributed by atoms with van der Waals surface area (Å²) >= 11 is 6.11. The quantitative estimate of drug-likeness (QED) is 0.617. The molecule has 7 heteroatoms. The van der Waals surface area contributed by atoms with Gasteiger partial charge in [0.15, 0.2) is 0 Å². The third kappa shape index (κ3) is 4.06. The molecule has 0 radical (unpaired) electrons. The maximum atomic E-state index is 12.9. The Hall–Kier alpha value is -2.83. The molecule has 0 saturated carbocycles. The molecular formula is C23H21ClN2O3S. The first kappa shape index (κ1) is 20.4. The largest absolute Gasteiger partial charge is 0.308 e. The van der Waals surface area contributed by atoms with Crippen LogP contribution in [-0.2, 0) is 16.4 Å². The number of benzene rings is 3. The van der Waals surface area contributed by atoms with Crippen molar-refractivity contribution in [1.82, 2.24) is 0 Å². The molecule has 1 aliphatic heterocycles. The van der Waals surface area contributed by atoms with Gasteiger partial charge in [-0.15, -0.1) is 0 Å². The molecule has 30 heavy (non-hydrogen) atoms. The SMILES string of the molecule is Cc1ccc(NS(=O)(=O)c2ccc3c(c2)CCCN3C(=O)c2ccccc2)cc1Cl. The molecule has 5 nitrogen and oxygen atoms in total. The molecule has 1 N–H and O–H groups in total. The number of amides is 1. The zero-order chi connectivity index (χ0) is 21.3. The second-order valence-corrected chi connectivity index (χ2v) is 9.38. The number of anilines is 2. The molecular weight excluding hydrogens is 420 g/mol. The minimum Gasteiger partial charge on any atom is -0.308 e. The Labute approximate surface area is 181 Å². The lowest BCUT2D eigenvalue weighted by atomic mass is 10.0. The van der Waals surface area contributed by atoms with E-state index in [4.69, 9.17) is 11.6 Å². The van der Waals surface area contributed by atoms with Gasteiger partial charge in [-0.3, -0.25) is 9.52 Å². The number of nitrogens with zero attached hydrogens (tertiary/aromatic N) is 1. The standard InChI is InChI=1S/C23H21ClN2O3S/c1-16-9-10-19(15-21(16)24)25-30(28,29)20-11-12-22-18(14-20)8-5-13-26(22)23(27)17-6-3-2-4-7-17/h2-4,6-7,9-12,14-15,25H,5,8,13H2,1H3. The highest BCUT2D eigenvalue weighted by atomic mass is 35.5. The molecule has 154 valence electrons. The van der Waals surface area contributed by atoms with Crippen molar-refractivity contribution in [3.05, 3.63) is 88.4 Å². The normalized spacial score (nSPS) is 13.6. The Bertz CT molecular complexity index is 1210. The Morgan fingerprint density at radius 3 is 2.53 bits per heavy atom. The number of halogens is 1. The number of fused-ring (bicyclic) bond motifs is 1. The summed E-state index contributed by atoms with van der Waals surface area (Å²) in [6.07, 6.45) is 1.49. The molecule has 0 saturated heterocycles. The lowest BCUT2D eigenvalue weighted by molar-refractivity contribution is 0.0985. The van der Waals surface area contributed by atoms with Gasteiger partial charge in [0.2, 0.25) is 0 Å². The minimum absolute atomic E-state index is 0.0837. The van der Waals surface area contributed by atoms with Crippen molar-refractivity contribution in [3.63, 3.8) is 0 Å². The molecule has 1 amide bonds. The van der Waals surface area contributed by atoms with Crippen molar-refractivity contribution in [2.24, 2.45) is 0 Å². The zero-order valence-electron chi connectivity index (χ0n) is 16.4. The highest BCUT2D eigenvalue weighted by Crippen LogP contribution is 2.31. The summed E-state index contributed by atoms with van der Waals surface area (Å²) in [5.41, 5.74) is 3.49. The second-order valence-electron chi connectivity index (χ2n) is 7.29. The average molecular weight is 441 g/mol. The predicted octanol–water partition coefficient (Wildman–Crippen LogP) is 5.04. The summed E-state index contributed by atoms with van der Waals surface area (Å²) in [4.78, 5) is 14.8. The minimum atomic E-state index is -3.78. The van der Waals surface area contributed by atoms with E-state index in [1.807, 2.05) is 25.1 Å². The lowest BCUT2D eigenvalue weighted by Crippen LogP contribution is -2.35. The zero-order valence-corrected chi connectivity index (χ0v) is 18.0. The summed E-state index contributed by atoms with van der Waals surface area (Å²) in [6.45, 7) is 2.46. The lowest BCUT2D eigenvalue weighted by Gasteiger charge is -2.30. The van der Waals surface area contributed by atoms with Crippen molar-refractivity contribution in [2.45, 2.75) is 24.7 Å². The van der Waals surface area contributed by atoms with Crippen molar-refractivity contribution >= 4 is 38.9 Å². The number of hydrogen-bond acceptors (Lipinski definition) is 3. The Kier molecular flexibility index (Phi) is 5.54. The second kappa shape index (κ2) is 8.13. The van der Waals surface area contributed by atoms with Crippen LogP contribution in [0, 0.1) is 6.92 Å². The van der Waals surface area contributed by atoms with E-state index in [9.17, 15) is 13.2 Å². The van der Waals surface area contributed by atoms with Crippen molar-refractivity contribution < 1.29 is 13.2 Å². The Morgan fingerprint density at radius 2 is 1.80 bits per heavy atom. The van der Waals surface area contributed by atoms with Crippen molar-refractivity contribution in [3.8, 4) is 0 Å². The van der Waals surface area contributed by atoms with E-state index < -0.39 is 10.0 Å². The summed E-state index contributed by atoms with van der Waals surface area (Å²) in [7, 11) is -3.78. The molecule has 1 aliphatic rings. The third-order valence-electron chi connectivity index (χ3n) is 5.17. The van der Waals surface area contributed by atoms with Crippen LogP contribution in [0.1, 0.15) is 27.9 Å². The average Bonchev–Trinajstić information content (AvgIpc) is 2.75. The molecule has 3 aromatic rings. The number of rotatable bonds is 4. The monoisotopic (exact) mass is 440 g/mol. The van der Waals surface area contributed by atoms with Crippen LogP contribution in [0.2, 0.25) is 5.02 Å². The van der Waals surface area contributed by atoms with Gasteiger partial charge in [-0.2, -0.15) is 0 Å².